The zero-order valence-electron chi connectivity index (χ0n) is 15.4. The minimum Gasteiger partial charge on any atom is -0.477 e. The molecule has 140 valence electrons. The van der Waals surface area contributed by atoms with E-state index in [4.69, 9.17) is 4.74 Å². The van der Waals surface area contributed by atoms with E-state index in [0.717, 1.165) is 0 Å². The van der Waals surface area contributed by atoms with E-state index in [1.54, 1.807) is 30.5 Å². The maximum atomic E-state index is 13.3. The van der Waals surface area contributed by atoms with Crippen LogP contribution in [0.4, 0.5) is 4.39 Å². The van der Waals surface area contributed by atoms with Gasteiger partial charge in [0.2, 0.25) is 5.88 Å². The first-order valence-corrected chi connectivity index (χ1v) is 8.83. The fourth-order valence-corrected chi connectivity index (χ4v) is 2.73. The number of hydrogen-bond acceptors (Lipinski definition) is 5. The molecule has 0 spiro atoms. The number of hydrogen-bond donors (Lipinski definition) is 0. The maximum absolute atomic E-state index is 13.3. The zero-order chi connectivity index (χ0) is 19.9. The lowest BCUT2D eigenvalue weighted by atomic mass is 10.00. The van der Waals surface area contributed by atoms with Gasteiger partial charge >= 0.3 is 0 Å². The molecule has 0 radical (unpaired) electrons. The summed E-state index contributed by atoms with van der Waals surface area (Å²) in [7, 11) is 0. The van der Waals surface area contributed by atoms with Gasteiger partial charge in [-0.25, -0.2) is 9.37 Å². The van der Waals surface area contributed by atoms with Gasteiger partial charge in [-0.05, 0) is 49.2 Å². The van der Waals surface area contributed by atoms with Crippen molar-refractivity contribution in [1.29, 1.82) is 5.26 Å². The molecule has 0 atom stereocenters. The van der Waals surface area contributed by atoms with Crippen molar-refractivity contribution in [2.45, 2.75) is 19.8 Å². The van der Waals surface area contributed by atoms with E-state index in [0.29, 0.717) is 35.4 Å². The number of nitriles is 1. The number of carbonyl (C=O) groups excluding carboxylic acids is 1. The van der Waals surface area contributed by atoms with Gasteiger partial charge < -0.3 is 9.53 Å². The quantitative estimate of drug-likeness (QED) is 0.566. The predicted molar refractivity (Wildman–Crippen MR) is 103 cm³/mol. The van der Waals surface area contributed by atoms with Crippen molar-refractivity contribution in [3.8, 4) is 34.5 Å². The van der Waals surface area contributed by atoms with E-state index < -0.39 is 0 Å². The highest BCUT2D eigenvalue weighted by molar-refractivity contribution is 5.77. The molecule has 0 saturated heterocycles. The largest absolute Gasteiger partial charge is 0.477 e. The van der Waals surface area contributed by atoms with E-state index >= 15 is 0 Å². The molecule has 1 aromatic carbocycles. The predicted octanol–water partition coefficient (Wildman–Crippen LogP) is 4.57. The Morgan fingerprint density at radius 2 is 1.96 bits per heavy atom. The molecule has 0 aliphatic carbocycles. The van der Waals surface area contributed by atoms with Gasteiger partial charge in [0, 0.05) is 18.2 Å². The fourth-order valence-electron chi connectivity index (χ4n) is 2.73. The van der Waals surface area contributed by atoms with Crippen LogP contribution < -0.4 is 4.74 Å². The number of Topliss-reactive ketones (excluding diaryl/α,β-unsaturated/α-hetero) is 1. The molecule has 0 aliphatic heterocycles. The second kappa shape index (κ2) is 8.87. The van der Waals surface area contributed by atoms with Crippen LogP contribution in [0.25, 0.3) is 22.5 Å². The van der Waals surface area contributed by atoms with Crippen LogP contribution in [0.1, 0.15) is 25.3 Å². The number of benzene rings is 1. The molecule has 2 aromatic heterocycles. The first-order valence-electron chi connectivity index (χ1n) is 8.83. The smallest absolute Gasteiger partial charge is 0.232 e. The Balaban J connectivity index is 2.06. The summed E-state index contributed by atoms with van der Waals surface area (Å²) in [5, 5.41) is 9.71. The lowest BCUT2D eigenvalue weighted by Gasteiger charge is -2.13. The Kier molecular flexibility index (Phi) is 6.07. The minimum atomic E-state index is -0.359. The molecule has 0 aliphatic rings. The molecule has 28 heavy (non-hydrogen) atoms. The minimum absolute atomic E-state index is 0.0753. The monoisotopic (exact) mass is 375 g/mol. The van der Waals surface area contributed by atoms with Crippen molar-refractivity contribution in [1.82, 2.24) is 9.97 Å². The van der Waals surface area contributed by atoms with Gasteiger partial charge in [-0.1, -0.05) is 18.2 Å². The van der Waals surface area contributed by atoms with Crippen molar-refractivity contribution in [3.63, 3.8) is 0 Å². The zero-order valence-corrected chi connectivity index (χ0v) is 15.4. The van der Waals surface area contributed by atoms with Crippen LogP contribution in [0.3, 0.4) is 0 Å². The Bertz CT molecular complexity index is 1010. The average Bonchev–Trinajstić information content (AvgIpc) is 2.71. The average molecular weight is 375 g/mol. The summed E-state index contributed by atoms with van der Waals surface area (Å²) in [5.74, 6) is -0.109. The molecule has 0 saturated carbocycles. The van der Waals surface area contributed by atoms with Gasteiger partial charge in [-0.15, -0.1) is 0 Å². The molecule has 6 heteroatoms. The number of halogens is 1. The van der Waals surface area contributed by atoms with E-state index in [9.17, 15) is 14.4 Å². The first-order chi connectivity index (χ1) is 13.6. The second-order valence-corrected chi connectivity index (χ2v) is 6.22. The van der Waals surface area contributed by atoms with E-state index in [-0.39, 0.29) is 29.7 Å². The first kappa shape index (κ1) is 19.2. The van der Waals surface area contributed by atoms with Crippen LogP contribution in [0.15, 0.2) is 54.7 Å². The van der Waals surface area contributed by atoms with E-state index in [2.05, 4.69) is 16.0 Å². The molecule has 0 N–H and O–H groups in total. The van der Waals surface area contributed by atoms with Gasteiger partial charge in [-0.2, -0.15) is 5.26 Å². The highest BCUT2D eigenvalue weighted by atomic mass is 19.1. The van der Waals surface area contributed by atoms with E-state index in [1.165, 1.54) is 19.1 Å². The topological polar surface area (TPSA) is 75.9 Å². The van der Waals surface area contributed by atoms with Crippen LogP contribution in [0.2, 0.25) is 0 Å². The fraction of sp³-hybridized carbons (Fsp3) is 0.182. The summed E-state index contributed by atoms with van der Waals surface area (Å²) >= 11 is 0. The number of ketones is 1. The molecule has 0 amide bonds. The van der Waals surface area contributed by atoms with Gasteiger partial charge in [0.1, 0.15) is 23.2 Å². The summed E-state index contributed by atoms with van der Waals surface area (Å²) in [6.07, 6.45) is 2.58. The van der Waals surface area contributed by atoms with Crippen LogP contribution in [-0.4, -0.2) is 22.4 Å². The molecular formula is C22H18FN3O2. The Morgan fingerprint density at radius 1 is 1.18 bits per heavy atom. The molecule has 0 fully saturated rings. The number of rotatable bonds is 7. The lowest BCUT2D eigenvalue weighted by molar-refractivity contribution is -0.117. The SMILES string of the molecule is CC(=O)CCCOc1nc(-c2ccccn2)cc(-c2ccc(F)cc2)c1C#N. The van der Waals surface area contributed by atoms with Crippen LogP contribution in [-0.2, 0) is 4.79 Å². The summed E-state index contributed by atoms with van der Waals surface area (Å²) in [4.78, 5) is 19.9. The van der Waals surface area contributed by atoms with Gasteiger partial charge in [0.15, 0.2) is 0 Å². The number of aromatic nitrogens is 2. The van der Waals surface area contributed by atoms with Crippen molar-refractivity contribution < 1.29 is 13.9 Å². The van der Waals surface area contributed by atoms with E-state index in [1.807, 2.05) is 12.1 Å². The summed E-state index contributed by atoms with van der Waals surface area (Å²) in [6, 6.07) is 15.2. The maximum Gasteiger partial charge on any atom is 0.232 e. The molecule has 5 nitrogen and oxygen atoms in total. The number of carbonyl (C=O) groups is 1. The molecule has 3 aromatic rings. The van der Waals surface area contributed by atoms with Crippen LogP contribution in [0.5, 0.6) is 5.88 Å². The standard InChI is InChI=1S/C22H18FN3O2/c1-15(27)5-4-12-28-22-19(14-24)18(16-7-9-17(23)10-8-16)13-21(26-22)20-6-2-3-11-25-20/h2-3,6-11,13H,4-5,12H2,1H3. The summed E-state index contributed by atoms with van der Waals surface area (Å²) in [6.45, 7) is 1.78. The number of ether oxygens (including phenoxy) is 1. The molecule has 3 rings (SSSR count). The highest BCUT2D eigenvalue weighted by Gasteiger charge is 2.17. The summed E-state index contributed by atoms with van der Waals surface area (Å²) < 4.78 is 19.1. The van der Waals surface area contributed by atoms with Crippen molar-refractivity contribution >= 4 is 5.78 Å². The molecule has 2 heterocycles. The Hall–Kier alpha value is -3.59. The summed E-state index contributed by atoms with van der Waals surface area (Å²) in [5.41, 5.74) is 2.68. The number of pyridine rings is 2. The third kappa shape index (κ3) is 4.57. The lowest BCUT2D eigenvalue weighted by Crippen LogP contribution is -2.05. The number of nitrogens with zero attached hydrogens (tertiary/aromatic N) is 3. The molecular weight excluding hydrogens is 357 g/mol. The van der Waals surface area contributed by atoms with Crippen LogP contribution in [0, 0.1) is 17.1 Å². The Labute approximate surface area is 162 Å². The third-order valence-corrected chi connectivity index (χ3v) is 4.09. The Morgan fingerprint density at radius 3 is 2.61 bits per heavy atom. The van der Waals surface area contributed by atoms with Crippen molar-refractivity contribution in [3.05, 3.63) is 66.1 Å². The van der Waals surface area contributed by atoms with Crippen molar-refractivity contribution in [2.24, 2.45) is 0 Å². The third-order valence-electron chi connectivity index (χ3n) is 4.09. The van der Waals surface area contributed by atoms with Crippen molar-refractivity contribution in [2.75, 3.05) is 6.61 Å². The van der Waals surface area contributed by atoms with Gasteiger partial charge in [0.25, 0.3) is 0 Å². The second-order valence-electron chi connectivity index (χ2n) is 6.22. The normalized spacial score (nSPS) is 10.3. The molecule has 0 bridgehead atoms. The van der Waals surface area contributed by atoms with Crippen LogP contribution >= 0.6 is 0 Å². The van der Waals surface area contributed by atoms with Gasteiger partial charge in [-0.3, -0.25) is 4.98 Å². The van der Waals surface area contributed by atoms with Gasteiger partial charge in [0.05, 0.1) is 18.0 Å². The highest BCUT2D eigenvalue weighted by Crippen LogP contribution is 2.33. The molecule has 0 unspecified atom stereocenters.